The molecule has 1 saturated carbocycles. The lowest BCUT2D eigenvalue weighted by Crippen LogP contribution is -2.29. The molecule has 2 rings (SSSR count). The van der Waals surface area contributed by atoms with Gasteiger partial charge in [0.05, 0.1) is 0 Å². The van der Waals surface area contributed by atoms with Gasteiger partial charge >= 0.3 is 0 Å². The average Bonchev–Trinajstić information content (AvgIpc) is 2.90. The summed E-state index contributed by atoms with van der Waals surface area (Å²) in [5.74, 6) is 0.117. The van der Waals surface area contributed by atoms with Gasteiger partial charge in [0, 0.05) is 24.5 Å². The molecule has 1 aromatic heterocycles. The number of nitrogens with zero attached hydrogens (tertiary/aromatic N) is 1. The van der Waals surface area contributed by atoms with Crippen LogP contribution in [-0.4, -0.2) is 23.6 Å². The van der Waals surface area contributed by atoms with Crippen molar-refractivity contribution in [1.29, 1.82) is 0 Å². The molecule has 1 aliphatic carbocycles. The quantitative estimate of drug-likeness (QED) is 0.738. The summed E-state index contributed by atoms with van der Waals surface area (Å²) in [5.41, 5.74) is 1.14. The average molecular weight is 207 g/mol. The van der Waals surface area contributed by atoms with Crippen molar-refractivity contribution in [3.8, 4) is 0 Å². The number of hydrogen-bond donors (Lipinski definition) is 2. The van der Waals surface area contributed by atoms with Gasteiger partial charge in [0.2, 0.25) is 5.91 Å². The summed E-state index contributed by atoms with van der Waals surface area (Å²) < 4.78 is 1.98. The number of amides is 1. The molecule has 0 aliphatic heterocycles. The number of carbonyl (C=O) groups is 1. The first-order valence-corrected chi connectivity index (χ1v) is 5.37. The van der Waals surface area contributed by atoms with Crippen molar-refractivity contribution in [2.45, 2.75) is 32.0 Å². The van der Waals surface area contributed by atoms with Gasteiger partial charge in [0.1, 0.15) is 6.54 Å². The van der Waals surface area contributed by atoms with E-state index in [9.17, 15) is 4.79 Å². The SMILES string of the molecule is CNCc1cccn1CC(=O)NC1CC1. The zero-order chi connectivity index (χ0) is 10.7. The van der Waals surface area contributed by atoms with Gasteiger partial charge in [-0.05, 0) is 32.0 Å². The van der Waals surface area contributed by atoms with Gasteiger partial charge in [0.15, 0.2) is 0 Å². The molecule has 0 radical (unpaired) electrons. The van der Waals surface area contributed by atoms with Gasteiger partial charge in [-0.3, -0.25) is 4.79 Å². The van der Waals surface area contributed by atoms with Crippen molar-refractivity contribution in [2.75, 3.05) is 7.05 Å². The summed E-state index contributed by atoms with van der Waals surface area (Å²) in [7, 11) is 1.90. The topological polar surface area (TPSA) is 46.1 Å². The van der Waals surface area contributed by atoms with Crippen molar-refractivity contribution in [2.24, 2.45) is 0 Å². The van der Waals surface area contributed by atoms with E-state index in [-0.39, 0.29) is 5.91 Å². The Kier molecular flexibility index (Phi) is 3.06. The Morgan fingerprint density at radius 1 is 1.60 bits per heavy atom. The van der Waals surface area contributed by atoms with Crippen LogP contribution in [0.4, 0.5) is 0 Å². The lowest BCUT2D eigenvalue weighted by molar-refractivity contribution is -0.121. The van der Waals surface area contributed by atoms with Crippen molar-refractivity contribution >= 4 is 5.91 Å². The summed E-state index contributed by atoms with van der Waals surface area (Å²) in [6, 6.07) is 4.44. The summed E-state index contributed by atoms with van der Waals surface area (Å²) in [5, 5.41) is 6.07. The standard InChI is InChI=1S/C11H17N3O/c1-12-7-10-3-2-6-14(10)8-11(15)13-9-4-5-9/h2-3,6,9,12H,4-5,7-8H2,1H3,(H,13,15). The van der Waals surface area contributed by atoms with Gasteiger partial charge in [-0.1, -0.05) is 0 Å². The molecule has 2 N–H and O–H groups in total. The maximum Gasteiger partial charge on any atom is 0.240 e. The minimum Gasteiger partial charge on any atom is -0.352 e. The Morgan fingerprint density at radius 2 is 2.40 bits per heavy atom. The molecular weight excluding hydrogens is 190 g/mol. The Balaban J connectivity index is 1.90. The van der Waals surface area contributed by atoms with Crippen LogP contribution in [-0.2, 0) is 17.9 Å². The lowest BCUT2D eigenvalue weighted by atomic mass is 10.4. The summed E-state index contributed by atoms with van der Waals surface area (Å²) in [6.45, 7) is 1.23. The van der Waals surface area contributed by atoms with E-state index in [1.807, 2.05) is 29.9 Å². The zero-order valence-corrected chi connectivity index (χ0v) is 8.99. The molecule has 0 aromatic carbocycles. The highest BCUT2D eigenvalue weighted by Gasteiger charge is 2.23. The first-order chi connectivity index (χ1) is 7.29. The van der Waals surface area contributed by atoms with E-state index in [2.05, 4.69) is 10.6 Å². The fourth-order valence-corrected chi connectivity index (χ4v) is 1.60. The van der Waals surface area contributed by atoms with Crippen LogP contribution >= 0.6 is 0 Å². The molecule has 1 fully saturated rings. The number of nitrogens with one attached hydrogen (secondary N) is 2. The minimum atomic E-state index is 0.117. The predicted molar refractivity (Wildman–Crippen MR) is 58.4 cm³/mol. The number of carbonyl (C=O) groups excluding carboxylic acids is 1. The summed E-state index contributed by atoms with van der Waals surface area (Å²) in [4.78, 5) is 11.6. The maximum atomic E-state index is 11.6. The van der Waals surface area contributed by atoms with Gasteiger partial charge in [-0.15, -0.1) is 0 Å². The van der Waals surface area contributed by atoms with E-state index in [4.69, 9.17) is 0 Å². The largest absolute Gasteiger partial charge is 0.352 e. The highest BCUT2D eigenvalue weighted by atomic mass is 16.2. The molecule has 0 atom stereocenters. The molecule has 1 amide bonds. The second kappa shape index (κ2) is 4.49. The summed E-state index contributed by atoms with van der Waals surface area (Å²) in [6.07, 6.45) is 4.22. The number of aromatic nitrogens is 1. The fourth-order valence-electron chi connectivity index (χ4n) is 1.60. The highest BCUT2D eigenvalue weighted by Crippen LogP contribution is 2.18. The molecule has 82 valence electrons. The van der Waals surface area contributed by atoms with Crippen LogP contribution < -0.4 is 10.6 Å². The zero-order valence-electron chi connectivity index (χ0n) is 8.99. The Morgan fingerprint density at radius 3 is 3.07 bits per heavy atom. The van der Waals surface area contributed by atoms with Gasteiger partial charge in [-0.25, -0.2) is 0 Å². The Labute approximate surface area is 89.7 Å². The van der Waals surface area contributed by atoms with E-state index in [0.29, 0.717) is 12.6 Å². The molecule has 0 saturated heterocycles. The second-order valence-electron chi connectivity index (χ2n) is 4.00. The normalized spacial score (nSPS) is 15.3. The smallest absolute Gasteiger partial charge is 0.240 e. The third-order valence-corrected chi connectivity index (χ3v) is 2.54. The number of rotatable bonds is 5. The molecule has 1 aliphatic rings. The molecular formula is C11H17N3O. The molecule has 4 heteroatoms. The number of hydrogen-bond acceptors (Lipinski definition) is 2. The van der Waals surface area contributed by atoms with E-state index in [1.165, 1.54) is 0 Å². The van der Waals surface area contributed by atoms with Crippen LogP contribution in [0.5, 0.6) is 0 Å². The fraction of sp³-hybridized carbons (Fsp3) is 0.545. The van der Waals surface area contributed by atoms with Crippen LogP contribution in [0.2, 0.25) is 0 Å². The van der Waals surface area contributed by atoms with E-state index >= 15 is 0 Å². The summed E-state index contributed by atoms with van der Waals surface area (Å²) >= 11 is 0. The highest BCUT2D eigenvalue weighted by molar-refractivity contribution is 5.76. The Hall–Kier alpha value is -1.29. The van der Waals surface area contributed by atoms with Crippen molar-refractivity contribution in [3.63, 3.8) is 0 Å². The molecule has 0 spiro atoms. The molecule has 15 heavy (non-hydrogen) atoms. The van der Waals surface area contributed by atoms with Crippen LogP contribution in [0, 0.1) is 0 Å². The predicted octanol–water partition coefficient (Wildman–Crippen LogP) is 0.486. The molecule has 4 nitrogen and oxygen atoms in total. The first kappa shape index (κ1) is 10.2. The van der Waals surface area contributed by atoms with Crippen molar-refractivity contribution in [1.82, 2.24) is 15.2 Å². The van der Waals surface area contributed by atoms with Gasteiger partial charge in [-0.2, -0.15) is 0 Å². The van der Waals surface area contributed by atoms with Crippen molar-refractivity contribution in [3.05, 3.63) is 24.0 Å². The van der Waals surface area contributed by atoms with Gasteiger partial charge < -0.3 is 15.2 Å². The molecule has 0 bridgehead atoms. The minimum absolute atomic E-state index is 0.117. The third kappa shape index (κ3) is 2.83. The van der Waals surface area contributed by atoms with E-state index in [0.717, 1.165) is 25.1 Å². The van der Waals surface area contributed by atoms with Crippen LogP contribution in [0.3, 0.4) is 0 Å². The lowest BCUT2D eigenvalue weighted by Gasteiger charge is -2.08. The third-order valence-electron chi connectivity index (χ3n) is 2.54. The van der Waals surface area contributed by atoms with Gasteiger partial charge in [0.25, 0.3) is 0 Å². The van der Waals surface area contributed by atoms with Crippen LogP contribution in [0.15, 0.2) is 18.3 Å². The molecule has 1 aromatic rings. The van der Waals surface area contributed by atoms with Crippen LogP contribution in [0.1, 0.15) is 18.5 Å². The second-order valence-corrected chi connectivity index (χ2v) is 4.00. The van der Waals surface area contributed by atoms with E-state index in [1.54, 1.807) is 0 Å². The van der Waals surface area contributed by atoms with Crippen LogP contribution in [0.25, 0.3) is 0 Å². The van der Waals surface area contributed by atoms with E-state index < -0.39 is 0 Å². The first-order valence-electron chi connectivity index (χ1n) is 5.37. The molecule has 0 unspecified atom stereocenters. The Bertz CT molecular complexity index is 341. The van der Waals surface area contributed by atoms with Crippen molar-refractivity contribution < 1.29 is 4.79 Å². The maximum absolute atomic E-state index is 11.6. The molecule has 1 heterocycles. The monoisotopic (exact) mass is 207 g/mol.